The second-order valence-electron chi connectivity index (χ2n) is 11.7. The van der Waals surface area contributed by atoms with Crippen LogP contribution >= 0.6 is 0 Å². The summed E-state index contributed by atoms with van der Waals surface area (Å²) in [4.78, 5) is 1.26. The summed E-state index contributed by atoms with van der Waals surface area (Å²) in [5.41, 5.74) is 11.4. The molecule has 9 nitrogen and oxygen atoms in total. The fraction of sp³-hybridized carbons (Fsp3) is 0.105. The molecule has 0 radical (unpaired) electrons. The Labute approximate surface area is 304 Å². The molecule has 0 fully saturated rings. The summed E-state index contributed by atoms with van der Waals surface area (Å²) in [6.07, 6.45) is 4.04. The Bertz CT molecular complexity index is 2810. The van der Waals surface area contributed by atoms with Gasteiger partial charge in [0.25, 0.3) is 5.89 Å². The number of aromatic nitrogens is 3. The van der Waals surface area contributed by atoms with Crippen molar-refractivity contribution in [2.24, 2.45) is 14.1 Å². The molecule has 0 unspecified atom stereocenters. The van der Waals surface area contributed by atoms with Gasteiger partial charge >= 0.3 is 29.6 Å². The van der Waals surface area contributed by atoms with Crippen molar-refractivity contribution in [1.29, 1.82) is 0 Å². The number of para-hydroxylation sites is 2. The minimum atomic E-state index is -5.04. The molecular weight excluding hydrogens is 647 g/mol. The SMILES string of the molecule is C=C=C=C(N1C(=CC(=Cc2oc3cc4c(cc3[n+]2[CH2-])c2ccccc2n4C)CC)Oc2cc3c(cc21)c1ccccc1n3C)S(=O)(=O)[O-].[Na+]. The van der Waals surface area contributed by atoms with E-state index in [1.165, 1.54) is 4.90 Å². The fourth-order valence-corrected chi connectivity index (χ4v) is 7.35. The molecule has 0 bridgehead atoms. The number of hydrogen-bond donors (Lipinski definition) is 0. The summed E-state index contributed by atoms with van der Waals surface area (Å²) < 4.78 is 56.4. The van der Waals surface area contributed by atoms with Crippen LogP contribution in [0.5, 0.6) is 5.75 Å². The van der Waals surface area contributed by atoms with Crippen LogP contribution in [0.4, 0.5) is 5.69 Å². The number of allylic oxidation sites excluding steroid dienone is 2. The van der Waals surface area contributed by atoms with Crippen LogP contribution in [-0.4, -0.2) is 22.1 Å². The van der Waals surface area contributed by atoms with Crippen molar-refractivity contribution >= 4 is 76.6 Å². The van der Waals surface area contributed by atoms with Crippen LogP contribution in [0.15, 0.2) is 118 Å². The topological polar surface area (TPSA) is 96.6 Å². The van der Waals surface area contributed by atoms with E-state index < -0.39 is 15.1 Å². The zero-order valence-corrected chi connectivity index (χ0v) is 30.3. The van der Waals surface area contributed by atoms with Gasteiger partial charge in [-0.05, 0) is 60.7 Å². The van der Waals surface area contributed by atoms with Crippen LogP contribution in [-0.2, 0) is 24.2 Å². The third-order valence-corrected chi connectivity index (χ3v) is 9.86. The van der Waals surface area contributed by atoms with Gasteiger partial charge in [-0.1, -0.05) is 49.1 Å². The van der Waals surface area contributed by atoms with Gasteiger partial charge in [0.15, 0.2) is 10.8 Å². The van der Waals surface area contributed by atoms with Gasteiger partial charge in [-0.2, -0.15) is 0 Å². The summed E-state index contributed by atoms with van der Waals surface area (Å²) in [7, 11) is 3.22. The maximum Gasteiger partial charge on any atom is 1.00 e. The van der Waals surface area contributed by atoms with E-state index >= 15 is 0 Å². The molecule has 4 heterocycles. The van der Waals surface area contributed by atoms with Gasteiger partial charge in [-0.3, -0.25) is 9.47 Å². The molecule has 1 aliphatic rings. The van der Waals surface area contributed by atoms with E-state index in [1.54, 1.807) is 10.6 Å². The molecule has 7 aromatic rings. The zero-order valence-electron chi connectivity index (χ0n) is 27.4. The Kier molecular flexibility index (Phi) is 7.94. The van der Waals surface area contributed by atoms with E-state index in [9.17, 15) is 13.0 Å². The van der Waals surface area contributed by atoms with Gasteiger partial charge in [-0.25, -0.2) is 8.42 Å². The molecule has 49 heavy (non-hydrogen) atoms. The normalized spacial score (nSPS) is 14.1. The average molecular weight is 677 g/mol. The van der Waals surface area contributed by atoms with Crippen molar-refractivity contribution < 1.29 is 56.2 Å². The first-order valence-corrected chi connectivity index (χ1v) is 16.7. The maximum absolute atomic E-state index is 12.6. The standard InChI is InChI=1S/C38H30N4O5S.Na/c1-6-12-38(48(43,44)45)42-33-20-27-25-14-9-11-16-29(25)40(4)31(27)22-35(33)47-37(42)18-23(7-2)17-36-41(5)32-19-26-24-13-8-10-15-28(24)39(3)30(26)21-34(32)46-36;/h8-11,13-22H,1,5,7H2,2-4H3,(H,43,44,45);/q;+1/p-1. The van der Waals surface area contributed by atoms with E-state index in [1.807, 2.05) is 86.3 Å². The molecule has 238 valence electrons. The summed E-state index contributed by atoms with van der Waals surface area (Å²) in [5, 5.41) is 3.41. The summed E-state index contributed by atoms with van der Waals surface area (Å²) in [5.74, 6) is 0.978. The molecule has 0 saturated heterocycles. The Balaban J connectivity index is 0.00000378. The zero-order chi connectivity index (χ0) is 33.5. The number of hydrogen-bond acceptors (Lipinski definition) is 6. The number of nitrogens with zero attached hydrogens (tertiary/aromatic N) is 4. The minimum absolute atomic E-state index is 0. The van der Waals surface area contributed by atoms with Crippen molar-refractivity contribution in [1.82, 2.24) is 9.13 Å². The Morgan fingerprint density at radius 1 is 0.939 bits per heavy atom. The molecule has 0 amide bonds. The van der Waals surface area contributed by atoms with Crippen LogP contribution in [0.3, 0.4) is 0 Å². The van der Waals surface area contributed by atoms with E-state index in [4.69, 9.17) is 9.15 Å². The number of aryl methyl sites for hydroxylation is 2. The van der Waals surface area contributed by atoms with E-state index in [2.05, 4.69) is 47.9 Å². The van der Waals surface area contributed by atoms with Crippen molar-refractivity contribution in [3.63, 3.8) is 0 Å². The predicted molar refractivity (Wildman–Crippen MR) is 187 cm³/mol. The molecule has 4 aromatic carbocycles. The molecule has 1 aliphatic heterocycles. The molecule has 0 saturated carbocycles. The maximum atomic E-state index is 12.6. The molecule has 0 aliphatic carbocycles. The summed E-state index contributed by atoms with van der Waals surface area (Å²) in [6, 6.07) is 23.9. The van der Waals surface area contributed by atoms with Crippen LogP contribution in [0.25, 0.3) is 60.8 Å². The summed E-state index contributed by atoms with van der Waals surface area (Å²) in [6.45, 7) is 5.43. The monoisotopic (exact) mass is 676 g/mol. The van der Waals surface area contributed by atoms with Crippen molar-refractivity contribution in [3.05, 3.63) is 126 Å². The van der Waals surface area contributed by atoms with Crippen LogP contribution < -0.4 is 43.8 Å². The first-order chi connectivity index (χ1) is 23.1. The van der Waals surface area contributed by atoms with Gasteiger partial charge < -0.3 is 22.8 Å². The number of rotatable bonds is 5. The molecule has 11 heteroatoms. The molecule has 3 aromatic heterocycles. The van der Waals surface area contributed by atoms with Crippen molar-refractivity contribution in [2.75, 3.05) is 4.90 Å². The van der Waals surface area contributed by atoms with Crippen LogP contribution in [0, 0.1) is 7.05 Å². The minimum Gasteiger partial charge on any atom is -0.742 e. The van der Waals surface area contributed by atoms with Gasteiger partial charge in [0.05, 0.1) is 16.7 Å². The third kappa shape index (κ3) is 5.05. The second kappa shape index (κ2) is 11.9. The Morgan fingerprint density at radius 3 is 2.16 bits per heavy atom. The van der Waals surface area contributed by atoms with Crippen LogP contribution in [0.2, 0.25) is 0 Å². The van der Waals surface area contributed by atoms with Crippen molar-refractivity contribution in [2.45, 2.75) is 13.3 Å². The number of fused-ring (bicyclic) bond motifs is 8. The van der Waals surface area contributed by atoms with Gasteiger partial charge in [0, 0.05) is 65.9 Å². The van der Waals surface area contributed by atoms with E-state index in [0.717, 1.165) is 54.7 Å². The molecule has 0 atom stereocenters. The Morgan fingerprint density at radius 2 is 1.55 bits per heavy atom. The second-order valence-corrected chi connectivity index (χ2v) is 13.0. The molecule has 0 spiro atoms. The van der Waals surface area contributed by atoms with Crippen molar-refractivity contribution in [3.8, 4) is 5.75 Å². The molecule has 8 rings (SSSR count). The fourth-order valence-electron chi connectivity index (χ4n) is 6.74. The van der Waals surface area contributed by atoms with E-state index in [0.29, 0.717) is 29.3 Å². The van der Waals surface area contributed by atoms with Crippen LogP contribution in [0.1, 0.15) is 19.2 Å². The predicted octanol–water partition coefficient (Wildman–Crippen LogP) is 4.51. The summed E-state index contributed by atoms with van der Waals surface area (Å²) >= 11 is 0. The van der Waals surface area contributed by atoms with Gasteiger partial charge in [0.1, 0.15) is 21.2 Å². The average Bonchev–Trinajstić information content (AvgIpc) is 3.76. The molecule has 0 N–H and O–H groups in total. The molecular formula is C38H29N4NaO5S. The van der Waals surface area contributed by atoms with E-state index in [-0.39, 0.29) is 35.4 Å². The first kappa shape index (κ1) is 32.6. The van der Waals surface area contributed by atoms with Gasteiger partial charge in [0.2, 0.25) is 5.88 Å². The number of anilines is 1. The number of oxazole rings is 1. The number of ether oxygens (including phenoxy) is 1. The largest absolute Gasteiger partial charge is 1.00 e. The number of benzene rings is 4. The van der Waals surface area contributed by atoms with Gasteiger partial charge in [-0.15, -0.1) is 0 Å². The third-order valence-electron chi connectivity index (χ3n) is 9.10. The quantitative estimate of drug-likeness (QED) is 0.0876. The smallest absolute Gasteiger partial charge is 0.742 e. The Hall–Kier alpha value is -4.89. The first-order valence-electron chi connectivity index (χ1n) is 15.3.